The SMILES string of the molecule is CC(C)(C)c1csc(Nc2ccc(S(=O)(=O)Nc3nccs3)nc2)n1.Sc1ccc(I)cn1. The Balaban J connectivity index is 0.000000323. The van der Waals surface area contributed by atoms with Crippen LogP contribution in [-0.4, -0.2) is 28.4 Å². The van der Waals surface area contributed by atoms with Crippen molar-refractivity contribution in [3.05, 3.63) is 62.9 Å². The van der Waals surface area contributed by atoms with Gasteiger partial charge in [-0.1, -0.05) is 20.8 Å². The van der Waals surface area contributed by atoms with Gasteiger partial charge in [-0.05, 0) is 46.9 Å². The predicted octanol–water partition coefficient (Wildman–Crippen LogP) is 5.81. The normalized spacial score (nSPS) is 11.4. The number of pyridine rings is 2. The van der Waals surface area contributed by atoms with Crippen molar-refractivity contribution in [2.45, 2.75) is 36.2 Å². The fourth-order valence-corrected chi connectivity index (χ4v) is 5.35. The maximum Gasteiger partial charge on any atom is 0.281 e. The first-order valence-electron chi connectivity index (χ1n) is 9.45. The molecule has 0 spiro atoms. The molecule has 0 bridgehead atoms. The summed E-state index contributed by atoms with van der Waals surface area (Å²) in [6.45, 7) is 6.30. The molecule has 4 heterocycles. The minimum Gasteiger partial charge on any atom is -0.330 e. The molecular formula is C20H21IN6O2S4. The van der Waals surface area contributed by atoms with Gasteiger partial charge in [0.25, 0.3) is 10.0 Å². The number of hydrogen-bond donors (Lipinski definition) is 3. The molecule has 0 aliphatic rings. The molecule has 33 heavy (non-hydrogen) atoms. The third kappa shape index (κ3) is 7.88. The van der Waals surface area contributed by atoms with Gasteiger partial charge in [-0.2, -0.15) is 8.42 Å². The number of sulfonamides is 1. The van der Waals surface area contributed by atoms with E-state index in [-0.39, 0.29) is 10.4 Å². The zero-order valence-electron chi connectivity index (χ0n) is 17.9. The van der Waals surface area contributed by atoms with E-state index in [1.54, 1.807) is 17.6 Å². The molecule has 0 radical (unpaired) electrons. The van der Waals surface area contributed by atoms with Gasteiger partial charge >= 0.3 is 0 Å². The summed E-state index contributed by atoms with van der Waals surface area (Å²) in [5.41, 5.74) is 1.65. The first-order valence-corrected chi connectivity index (χ1v) is 14.2. The highest BCUT2D eigenvalue weighted by Crippen LogP contribution is 2.28. The molecule has 0 saturated heterocycles. The minimum atomic E-state index is -3.74. The second kappa shape index (κ2) is 11.1. The van der Waals surface area contributed by atoms with Crippen LogP contribution in [-0.2, 0) is 15.4 Å². The first-order chi connectivity index (χ1) is 15.5. The molecule has 0 amide bonds. The van der Waals surface area contributed by atoms with E-state index in [2.05, 4.69) is 86.0 Å². The number of thiol groups is 1. The van der Waals surface area contributed by atoms with Gasteiger partial charge in [0.15, 0.2) is 15.3 Å². The van der Waals surface area contributed by atoms with E-state index >= 15 is 0 Å². The van der Waals surface area contributed by atoms with Crippen LogP contribution in [0.5, 0.6) is 0 Å². The van der Waals surface area contributed by atoms with Crippen molar-refractivity contribution < 1.29 is 8.42 Å². The van der Waals surface area contributed by atoms with Crippen LogP contribution in [0.3, 0.4) is 0 Å². The second-order valence-corrected chi connectivity index (χ2v) is 12.7. The summed E-state index contributed by atoms with van der Waals surface area (Å²) >= 11 is 8.92. The molecule has 0 unspecified atom stereocenters. The topological polar surface area (TPSA) is 110 Å². The Morgan fingerprint density at radius 2 is 1.79 bits per heavy atom. The molecule has 0 saturated carbocycles. The number of nitrogens with one attached hydrogen (secondary N) is 2. The highest BCUT2D eigenvalue weighted by Gasteiger charge is 2.19. The molecule has 174 valence electrons. The molecular weight excluding hydrogens is 611 g/mol. The van der Waals surface area contributed by atoms with Gasteiger partial charge in [-0.25, -0.2) is 19.9 Å². The summed E-state index contributed by atoms with van der Waals surface area (Å²) in [5.74, 6) is 0. The van der Waals surface area contributed by atoms with E-state index in [9.17, 15) is 8.42 Å². The van der Waals surface area contributed by atoms with Gasteiger partial charge in [0.05, 0.1) is 22.6 Å². The molecule has 0 fully saturated rings. The molecule has 2 N–H and O–H groups in total. The molecule has 4 aromatic heterocycles. The number of rotatable bonds is 5. The van der Waals surface area contributed by atoms with E-state index in [4.69, 9.17) is 0 Å². The Hall–Kier alpha value is -1.81. The molecule has 4 rings (SSSR count). The Labute approximate surface area is 220 Å². The zero-order valence-corrected chi connectivity index (χ0v) is 23.4. The minimum absolute atomic E-state index is 0.0197. The van der Waals surface area contributed by atoms with Crippen LogP contribution in [0.2, 0.25) is 0 Å². The Morgan fingerprint density at radius 3 is 2.30 bits per heavy atom. The van der Waals surface area contributed by atoms with Gasteiger partial charge in [-0.3, -0.25) is 4.72 Å². The van der Waals surface area contributed by atoms with Crippen molar-refractivity contribution in [2.24, 2.45) is 0 Å². The van der Waals surface area contributed by atoms with Crippen molar-refractivity contribution in [3.63, 3.8) is 0 Å². The summed E-state index contributed by atoms with van der Waals surface area (Å²) in [4.78, 5) is 16.4. The largest absolute Gasteiger partial charge is 0.330 e. The van der Waals surface area contributed by atoms with Crippen LogP contribution < -0.4 is 10.0 Å². The third-order valence-corrected chi connectivity index (χ3v) is 7.63. The Kier molecular flexibility index (Phi) is 8.66. The van der Waals surface area contributed by atoms with Crippen LogP contribution in [0, 0.1) is 3.57 Å². The molecule has 0 atom stereocenters. The average molecular weight is 633 g/mol. The maximum absolute atomic E-state index is 12.2. The van der Waals surface area contributed by atoms with E-state index in [1.807, 2.05) is 17.5 Å². The Morgan fingerprint density at radius 1 is 1.00 bits per heavy atom. The number of thiazole rings is 2. The summed E-state index contributed by atoms with van der Waals surface area (Å²) in [6, 6.07) is 6.93. The average Bonchev–Trinajstić information content (AvgIpc) is 3.43. The summed E-state index contributed by atoms with van der Waals surface area (Å²) in [7, 11) is -3.74. The lowest BCUT2D eigenvalue weighted by molar-refractivity contribution is 0.573. The van der Waals surface area contributed by atoms with Crippen molar-refractivity contribution >= 4 is 83.9 Å². The molecule has 0 aromatic carbocycles. The van der Waals surface area contributed by atoms with Crippen molar-refractivity contribution in [3.8, 4) is 0 Å². The van der Waals surface area contributed by atoms with Crippen molar-refractivity contribution in [1.29, 1.82) is 0 Å². The fourth-order valence-electron chi connectivity index (χ4n) is 2.22. The third-order valence-electron chi connectivity index (χ3n) is 3.90. The van der Waals surface area contributed by atoms with Gasteiger partial charge < -0.3 is 5.32 Å². The lowest BCUT2D eigenvalue weighted by Gasteiger charge is -2.14. The predicted molar refractivity (Wildman–Crippen MR) is 145 cm³/mol. The number of nitrogens with zero attached hydrogens (tertiary/aromatic N) is 4. The second-order valence-electron chi connectivity index (χ2n) is 7.58. The highest BCUT2D eigenvalue weighted by molar-refractivity contribution is 14.1. The zero-order chi connectivity index (χ0) is 24.1. The Bertz CT molecular complexity index is 1250. The van der Waals surface area contributed by atoms with Gasteiger partial charge in [-0.15, -0.1) is 35.3 Å². The van der Waals surface area contributed by atoms with Crippen LogP contribution in [0.25, 0.3) is 0 Å². The van der Waals surface area contributed by atoms with Crippen molar-refractivity contribution in [1.82, 2.24) is 19.9 Å². The standard InChI is InChI=1S/C15H17N5O2S3.C5H4INS/c1-15(2,3)11-9-24-14(19-11)18-10-4-5-12(17-8-10)25(21,22)20-13-16-6-7-23-13;6-4-1-2-5(8)7-3-4/h4-9H,1-3H3,(H,16,20)(H,18,19);1-3H,(H,7,8). The lowest BCUT2D eigenvalue weighted by atomic mass is 9.93. The van der Waals surface area contributed by atoms with E-state index in [0.29, 0.717) is 10.8 Å². The van der Waals surface area contributed by atoms with Crippen molar-refractivity contribution in [2.75, 3.05) is 10.0 Å². The van der Waals surface area contributed by atoms with Crippen LogP contribution in [0.1, 0.15) is 26.5 Å². The van der Waals surface area contributed by atoms with Crippen LogP contribution in [0.4, 0.5) is 16.0 Å². The number of hydrogen-bond acceptors (Lipinski definition) is 10. The van der Waals surface area contributed by atoms with Crippen LogP contribution >= 0.6 is 57.9 Å². The molecule has 0 aliphatic heterocycles. The van der Waals surface area contributed by atoms with Crippen LogP contribution in [0.15, 0.2) is 63.7 Å². The maximum atomic E-state index is 12.2. The van der Waals surface area contributed by atoms with Gasteiger partial charge in [0.2, 0.25) is 0 Å². The molecule has 13 heteroatoms. The quantitative estimate of drug-likeness (QED) is 0.188. The lowest BCUT2D eigenvalue weighted by Crippen LogP contribution is -2.14. The van der Waals surface area contributed by atoms with Gasteiger partial charge in [0.1, 0.15) is 0 Å². The van der Waals surface area contributed by atoms with E-state index < -0.39 is 10.0 Å². The first kappa shape index (κ1) is 25.8. The summed E-state index contributed by atoms with van der Waals surface area (Å²) in [5, 5.41) is 8.59. The highest BCUT2D eigenvalue weighted by atomic mass is 127. The number of halogens is 1. The van der Waals surface area contributed by atoms with E-state index in [0.717, 1.165) is 19.4 Å². The monoisotopic (exact) mass is 632 g/mol. The molecule has 0 aliphatic carbocycles. The summed E-state index contributed by atoms with van der Waals surface area (Å²) < 4.78 is 28.0. The fraction of sp³-hybridized carbons (Fsp3) is 0.200. The summed E-state index contributed by atoms with van der Waals surface area (Å²) in [6.07, 6.45) is 4.78. The van der Waals surface area contributed by atoms with Gasteiger partial charge in [0, 0.05) is 32.1 Å². The van der Waals surface area contributed by atoms with E-state index in [1.165, 1.54) is 41.1 Å². The number of aromatic nitrogens is 4. The number of anilines is 3. The smallest absolute Gasteiger partial charge is 0.281 e. The molecule has 4 aromatic rings. The molecule has 8 nitrogen and oxygen atoms in total.